The molecule has 0 bridgehead atoms. The Labute approximate surface area is 144 Å². The Kier molecular flexibility index (Phi) is 4.57. The first-order chi connectivity index (χ1) is 11.5. The van der Waals surface area contributed by atoms with E-state index in [9.17, 15) is 9.59 Å². The summed E-state index contributed by atoms with van der Waals surface area (Å²) in [7, 11) is 0. The third kappa shape index (κ3) is 2.89. The van der Waals surface area contributed by atoms with Crippen molar-refractivity contribution < 1.29 is 9.21 Å². The monoisotopic (exact) mass is 342 g/mol. The van der Waals surface area contributed by atoms with Crippen molar-refractivity contribution >= 4 is 39.9 Å². The molecule has 2 aromatic rings. The number of fused-ring (bicyclic) bond motifs is 1. The summed E-state index contributed by atoms with van der Waals surface area (Å²) < 4.78 is 5.53. The normalized spacial score (nSPS) is 16.3. The minimum absolute atomic E-state index is 0.157. The maximum Gasteiger partial charge on any atom is 0.278 e. The SMILES string of the molecule is CCSC1=N/C(=C\c2coc3ccc(C)cc3c2=O)C(=O)N1CC. The van der Waals surface area contributed by atoms with Crippen molar-refractivity contribution in [2.45, 2.75) is 20.8 Å². The van der Waals surface area contributed by atoms with Gasteiger partial charge in [-0.25, -0.2) is 4.99 Å². The number of hydrogen-bond acceptors (Lipinski definition) is 5. The molecule has 124 valence electrons. The minimum Gasteiger partial charge on any atom is -0.463 e. The summed E-state index contributed by atoms with van der Waals surface area (Å²) in [6.45, 7) is 6.38. The van der Waals surface area contributed by atoms with Crippen LogP contribution in [0.1, 0.15) is 25.0 Å². The van der Waals surface area contributed by atoms with E-state index in [2.05, 4.69) is 4.99 Å². The third-order valence-corrected chi connectivity index (χ3v) is 4.61. The number of aliphatic imine (C=N–C) groups is 1. The molecule has 0 aliphatic carbocycles. The third-order valence-electron chi connectivity index (χ3n) is 3.75. The van der Waals surface area contributed by atoms with E-state index in [4.69, 9.17) is 4.42 Å². The van der Waals surface area contributed by atoms with Crippen molar-refractivity contribution in [1.29, 1.82) is 0 Å². The molecule has 0 saturated carbocycles. The van der Waals surface area contributed by atoms with E-state index in [0.29, 0.717) is 28.2 Å². The number of amides is 1. The predicted octanol–water partition coefficient (Wildman–Crippen LogP) is 3.41. The maximum absolute atomic E-state index is 12.7. The van der Waals surface area contributed by atoms with Crippen molar-refractivity contribution in [2.24, 2.45) is 4.99 Å². The largest absolute Gasteiger partial charge is 0.463 e. The molecular formula is C18H18N2O3S. The van der Waals surface area contributed by atoms with E-state index in [1.54, 1.807) is 17.0 Å². The summed E-state index contributed by atoms with van der Waals surface area (Å²) in [5, 5.41) is 1.19. The van der Waals surface area contributed by atoms with Gasteiger partial charge in [-0.15, -0.1) is 0 Å². The van der Waals surface area contributed by atoms with Crippen molar-refractivity contribution in [2.75, 3.05) is 12.3 Å². The van der Waals surface area contributed by atoms with Crippen LogP contribution in [0.4, 0.5) is 0 Å². The second kappa shape index (κ2) is 6.65. The van der Waals surface area contributed by atoms with E-state index < -0.39 is 0 Å². The van der Waals surface area contributed by atoms with E-state index in [1.165, 1.54) is 24.1 Å². The van der Waals surface area contributed by atoms with Crippen molar-refractivity contribution in [3.63, 3.8) is 0 Å². The maximum atomic E-state index is 12.7. The molecule has 6 heteroatoms. The molecule has 2 heterocycles. The molecule has 1 aliphatic rings. The van der Waals surface area contributed by atoms with Crippen molar-refractivity contribution in [1.82, 2.24) is 4.90 Å². The number of nitrogens with zero attached hydrogens (tertiary/aromatic N) is 2. The number of amidine groups is 1. The highest BCUT2D eigenvalue weighted by Crippen LogP contribution is 2.23. The molecule has 0 N–H and O–H groups in total. The lowest BCUT2D eigenvalue weighted by Crippen LogP contribution is -2.30. The lowest BCUT2D eigenvalue weighted by Gasteiger charge is -2.13. The van der Waals surface area contributed by atoms with E-state index >= 15 is 0 Å². The fourth-order valence-electron chi connectivity index (χ4n) is 2.56. The van der Waals surface area contributed by atoms with Crippen LogP contribution in [-0.2, 0) is 4.79 Å². The van der Waals surface area contributed by atoms with Gasteiger partial charge in [0.05, 0.1) is 10.9 Å². The Morgan fingerprint density at radius 1 is 1.29 bits per heavy atom. The second-order valence-electron chi connectivity index (χ2n) is 5.43. The summed E-state index contributed by atoms with van der Waals surface area (Å²) in [5.74, 6) is 0.644. The van der Waals surface area contributed by atoms with Crippen LogP contribution < -0.4 is 5.43 Å². The zero-order valence-corrected chi connectivity index (χ0v) is 14.6. The Bertz CT molecular complexity index is 927. The first kappa shape index (κ1) is 16.5. The number of rotatable bonds is 3. The molecule has 1 aromatic carbocycles. The molecular weight excluding hydrogens is 324 g/mol. The van der Waals surface area contributed by atoms with Crippen LogP contribution in [0.2, 0.25) is 0 Å². The summed E-state index contributed by atoms with van der Waals surface area (Å²) >= 11 is 1.51. The molecule has 1 aromatic heterocycles. The predicted molar refractivity (Wildman–Crippen MR) is 98.2 cm³/mol. The van der Waals surface area contributed by atoms with Crippen LogP contribution in [0, 0.1) is 6.92 Å². The number of carbonyl (C=O) groups excluding carboxylic acids is 1. The highest BCUT2D eigenvalue weighted by Gasteiger charge is 2.29. The Balaban J connectivity index is 2.08. The molecule has 0 unspecified atom stereocenters. The van der Waals surface area contributed by atoms with E-state index in [0.717, 1.165) is 11.3 Å². The number of thioether (sulfide) groups is 1. The van der Waals surface area contributed by atoms with Gasteiger partial charge >= 0.3 is 0 Å². The molecule has 5 nitrogen and oxygen atoms in total. The van der Waals surface area contributed by atoms with Crippen LogP contribution in [0.25, 0.3) is 17.0 Å². The summed E-state index contributed by atoms with van der Waals surface area (Å²) in [6.07, 6.45) is 2.90. The summed E-state index contributed by atoms with van der Waals surface area (Å²) in [6, 6.07) is 5.46. The van der Waals surface area contributed by atoms with E-state index in [-0.39, 0.29) is 17.0 Å². The molecule has 0 fully saturated rings. The number of likely N-dealkylation sites (N-methyl/N-ethyl adjacent to an activating group) is 1. The van der Waals surface area contributed by atoms with Crippen molar-refractivity contribution in [3.05, 3.63) is 51.5 Å². The first-order valence-corrected chi connectivity index (χ1v) is 8.81. The number of aryl methyl sites for hydroxylation is 1. The zero-order valence-electron chi connectivity index (χ0n) is 13.8. The van der Waals surface area contributed by atoms with Crippen molar-refractivity contribution in [3.8, 4) is 0 Å². The molecule has 0 saturated heterocycles. The van der Waals surface area contributed by atoms with Gasteiger partial charge in [-0.1, -0.05) is 30.3 Å². The summed E-state index contributed by atoms with van der Waals surface area (Å²) in [5.41, 5.74) is 1.96. The lowest BCUT2D eigenvalue weighted by molar-refractivity contribution is -0.122. The molecule has 0 radical (unpaired) electrons. The molecule has 0 spiro atoms. The molecule has 1 aliphatic heterocycles. The molecule has 3 rings (SSSR count). The van der Waals surface area contributed by atoms with Crippen LogP contribution in [0.5, 0.6) is 0 Å². The molecule has 0 atom stereocenters. The number of carbonyl (C=O) groups is 1. The topological polar surface area (TPSA) is 62.9 Å². The fraction of sp³-hybridized carbons (Fsp3) is 0.278. The average molecular weight is 342 g/mol. The average Bonchev–Trinajstić information content (AvgIpc) is 2.86. The van der Waals surface area contributed by atoms with Crippen LogP contribution in [-0.4, -0.2) is 28.3 Å². The van der Waals surface area contributed by atoms with Gasteiger partial charge in [0.2, 0.25) is 0 Å². The second-order valence-corrected chi connectivity index (χ2v) is 6.66. The molecule has 24 heavy (non-hydrogen) atoms. The Hall–Kier alpha value is -2.34. The van der Waals surface area contributed by atoms with Crippen LogP contribution >= 0.6 is 11.8 Å². The lowest BCUT2D eigenvalue weighted by atomic mass is 10.1. The van der Waals surface area contributed by atoms with Gasteiger partial charge in [-0.3, -0.25) is 14.5 Å². The van der Waals surface area contributed by atoms with Gasteiger partial charge in [-0.2, -0.15) is 0 Å². The Morgan fingerprint density at radius 2 is 2.08 bits per heavy atom. The quantitative estimate of drug-likeness (QED) is 0.802. The smallest absolute Gasteiger partial charge is 0.278 e. The minimum atomic E-state index is -0.183. The number of benzene rings is 1. The fourth-order valence-corrected chi connectivity index (χ4v) is 3.34. The van der Waals surface area contributed by atoms with E-state index in [1.807, 2.05) is 26.8 Å². The van der Waals surface area contributed by atoms with Crippen LogP contribution in [0.15, 0.2) is 44.4 Å². The Morgan fingerprint density at radius 3 is 2.79 bits per heavy atom. The van der Waals surface area contributed by atoms with Gasteiger partial charge in [0, 0.05) is 6.54 Å². The zero-order chi connectivity index (χ0) is 17.3. The van der Waals surface area contributed by atoms with Gasteiger partial charge in [-0.05, 0) is 37.8 Å². The number of hydrogen-bond donors (Lipinski definition) is 0. The molecule has 1 amide bonds. The van der Waals surface area contributed by atoms with Gasteiger partial charge in [0.25, 0.3) is 5.91 Å². The van der Waals surface area contributed by atoms with Gasteiger partial charge < -0.3 is 4.42 Å². The van der Waals surface area contributed by atoms with Gasteiger partial charge in [0.1, 0.15) is 17.5 Å². The summed E-state index contributed by atoms with van der Waals surface area (Å²) in [4.78, 5) is 31.1. The highest BCUT2D eigenvalue weighted by atomic mass is 32.2. The highest BCUT2D eigenvalue weighted by molar-refractivity contribution is 8.13. The standard InChI is InChI=1S/C18H18N2O3S/c1-4-20-17(22)14(19-18(20)24-5-2)9-12-10-23-15-7-6-11(3)8-13(15)16(12)21/h6-10H,4-5H2,1-3H3/b14-9-. The van der Waals surface area contributed by atoms with Crippen LogP contribution in [0.3, 0.4) is 0 Å². The van der Waals surface area contributed by atoms with Gasteiger partial charge in [0.15, 0.2) is 10.6 Å². The first-order valence-electron chi connectivity index (χ1n) is 7.82.